The second kappa shape index (κ2) is 7.27. The number of carbonyl (C=O) groups excluding carboxylic acids is 1. The van der Waals surface area contributed by atoms with Crippen LogP contribution in [0.25, 0.3) is 0 Å². The van der Waals surface area contributed by atoms with Crippen LogP contribution in [0.4, 0.5) is 5.69 Å². The fourth-order valence-electron chi connectivity index (χ4n) is 1.80. The van der Waals surface area contributed by atoms with Crippen molar-refractivity contribution in [1.82, 2.24) is 5.32 Å². The van der Waals surface area contributed by atoms with Crippen LogP contribution in [-0.4, -0.2) is 18.5 Å². The number of nitrogens with one attached hydrogen (secondary N) is 2. The molecule has 0 aliphatic heterocycles. The molecule has 1 aromatic rings. The van der Waals surface area contributed by atoms with Gasteiger partial charge in [0.25, 0.3) is 0 Å². The third kappa shape index (κ3) is 4.22. The van der Waals surface area contributed by atoms with E-state index in [9.17, 15) is 4.79 Å². The number of rotatable bonds is 6. The van der Waals surface area contributed by atoms with Gasteiger partial charge in [-0.2, -0.15) is 0 Å². The minimum atomic E-state index is 0.00280. The van der Waals surface area contributed by atoms with E-state index in [4.69, 9.17) is 11.6 Å². The molecule has 0 heterocycles. The maximum Gasteiger partial charge on any atom is 0.239 e. The first-order valence-corrected chi connectivity index (χ1v) is 6.74. The van der Waals surface area contributed by atoms with Crippen LogP contribution in [0.5, 0.6) is 0 Å². The van der Waals surface area contributed by atoms with Gasteiger partial charge in [0.05, 0.1) is 17.3 Å². The number of hydrogen-bond acceptors (Lipinski definition) is 2. The highest BCUT2D eigenvalue weighted by atomic mass is 35.5. The minimum Gasteiger partial charge on any atom is -0.375 e. The molecule has 0 bridgehead atoms. The summed E-state index contributed by atoms with van der Waals surface area (Å²) in [6.45, 7) is 6.36. The molecule has 18 heavy (non-hydrogen) atoms. The summed E-state index contributed by atoms with van der Waals surface area (Å²) in [5.74, 6) is 0.00280. The molecule has 0 spiro atoms. The molecule has 0 radical (unpaired) electrons. The number of benzene rings is 1. The number of aryl methyl sites for hydroxylation is 1. The number of anilines is 1. The molecule has 1 aromatic carbocycles. The molecule has 0 unspecified atom stereocenters. The van der Waals surface area contributed by atoms with Gasteiger partial charge in [-0.3, -0.25) is 4.79 Å². The summed E-state index contributed by atoms with van der Waals surface area (Å²) in [5.41, 5.74) is 1.87. The Balaban J connectivity index is 2.52. The smallest absolute Gasteiger partial charge is 0.239 e. The zero-order chi connectivity index (χ0) is 13.5. The maximum atomic E-state index is 11.8. The lowest BCUT2D eigenvalue weighted by Gasteiger charge is -2.16. The Bertz CT molecular complexity index is 383. The fraction of sp³-hybridized carbons (Fsp3) is 0.500. The molecule has 0 atom stereocenters. The van der Waals surface area contributed by atoms with E-state index in [-0.39, 0.29) is 18.5 Å². The van der Waals surface area contributed by atoms with Gasteiger partial charge >= 0.3 is 0 Å². The molecule has 0 aliphatic carbocycles. The van der Waals surface area contributed by atoms with Crippen molar-refractivity contribution in [2.24, 2.45) is 0 Å². The third-order valence-corrected chi connectivity index (χ3v) is 3.31. The zero-order valence-corrected chi connectivity index (χ0v) is 12.0. The first-order valence-electron chi connectivity index (χ1n) is 6.36. The van der Waals surface area contributed by atoms with Crippen LogP contribution in [0.3, 0.4) is 0 Å². The Morgan fingerprint density at radius 1 is 1.33 bits per heavy atom. The minimum absolute atomic E-state index is 0.00280. The topological polar surface area (TPSA) is 41.1 Å². The molecule has 0 aromatic heterocycles. The number of halogens is 1. The molecule has 0 saturated heterocycles. The molecule has 0 saturated carbocycles. The predicted molar refractivity (Wildman–Crippen MR) is 77.2 cm³/mol. The molecular weight excluding hydrogens is 248 g/mol. The van der Waals surface area contributed by atoms with E-state index in [2.05, 4.69) is 24.5 Å². The summed E-state index contributed by atoms with van der Waals surface area (Å²) in [6, 6.07) is 5.93. The van der Waals surface area contributed by atoms with Crippen molar-refractivity contribution in [1.29, 1.82) is 0 Å². The van der Waals surface area contributed by atoms with E-state index in [1.807, 2.05) is 25.1 Å². The summed E-state index contributed by atoms with van der Waals surface area (Å²) in [4.78, 5) is 11.8. The predicted octanol–water partition coefficient (Wildman–Crippen LogP) is 3.37. The SMILES string of the molecule is CCC(CC)NC(=O)CNc1c(C)cccc1Cl. The van der Waals surface area contributed by atoms with Crippen LogP contribution in [0.1, 0.15) is 32.3 Å². The van der Waals surface area contributed by atoms with Gasteiger partial charge in [-0.15, -0.1) is 0 Å². The highest BCUT2D eigenvalue weighted by Gasteiger charge is 2.09. The Hall–Kier alpha value is -1.22. The molecule has 100 valence electrons. The lowest BCUT2D eigenvalue weighted by Crippen LogP contribution is -2.37. The second-order valence-electron chi connectivity index (χ2n) is 4.37. The van der Waals surface area contributed by atoms with Crippen LogP contribution in [-0.2, 0) is 4.79 Å². The average Bonchev–Trinajstić information content (AvgIpc) is 2.35. The summed E-state index contributed by atoms with van der Waals surface area (Å²) < 4.78 is 0. The van der Waals surface area contributed by atoms with E-state index in [0.29, 0.717) is 5.02 Å². The zero-order valence-electron chi connectivity index (χ0n) is 11.2. The van der Waals surface area contributed by atoms with E-state index in [0.717, 1.165) is 24.1 Å². The van der Waals surface area contributed by atoms with Crippen molar-refractivity contribution >= 4 is 23.2 Å². The molecule has 2 N–H and O–H groups in total. The van der Waals surface area contributed by atoms with Crippen molar-refractivity contribution in [2.75, 3.05) is 11.9 Å². The Morgan fingerprint density at radius 2 is 2.00 bits per heavy atom. The van der Waals surface area contributed by atoms with Crippen LogP contribution in [0.15, 0.2) is 18.2 Å². The van der Waals surface area contributed by atoms with Gasteiger partial charge in [-0.1, -0.05) is 37.6 Å². The Morgan fingerprint density at radius 3 is 2.56 bits per heavy atom. The second-order valence-corrected chi connectivity index (χ2v) is 4.77. The van der Waals surface area contributed by atoms with Crippen molar-refractivity contribution in [2.45, 2.75) is 39.7 Å². The van der Waals surface area contributed by atoms with Crippen molar-refractivity contribution < 1.29 is 4.79 Å². The lowest BCUT2D eigenvalue weighted by atomic mass is 10.1. The normalized spacial score (nSPS) is 10.5. The van der Waals surface area contributed by atoms with E-state index >= 15 is 0 Å². The lowest BCUT2D eigenvalue weighted by molar-refractivity contribution is -0.120. The van der Waals surface area contributed by atoms with Crippen molar-refractivity contribution in [3.63, 3.8) is 0 Å². The summed E-state index contributed by atoms with van der Waals surface area (Å²) >= 11 is 6.08. The molecule has 3 nitrogen and oxygen atoms in total. The maximum absolute atomic E-state index is 11.8. The van der Waals surface area contributed by atoms with Crippen molar-refractivity contribution in [3.8, 4) is 0 Å². The van der Waals surface area contributed by atoms with Gasteiger partial charge < -0.3 is 10.6 Å². The van der Waals surface area contributed by atoms with Crippen LogP contribution < -0.4 is 10.6 Å². The Kier molecular flexibility index (Phi) is 5.99. The van der Waals surface area contributed by atoms with Gasteiger partial charge in [0.15, 0.2) is 0 Å². The summed E-state index contributed by atoms with van der Waals surface area (Å²) in [6.07, 6.45) is 1.90. The monoisotopic (exact) mass is 268 g/mol. The third-order valence-electron chi connectivity index (χ3n) is 3.00. The number of para-hydroxylation sites is 1. The van der Waals surface area contributed by atoms with E-state index in [1.165, 1.54) is 0 Å². The van der Waals surface area contributed by atoms with Gasteiger partial charge in [-0.25, -0.2) is 0 Å². The van der Waals surface area contributed by atoms with E-state index < -0.39 is 0 Å². The molecule has 1 amide bonds. The molecule has 0 fully saturated rings. The number of amides is 1. The largest absolute Gasteiger partial charge is 0.375 e. The molecule has 4 heteroatoms. The first kappa shape index (κ1) is 14.8. The first-order chi connectivity index (χ1) is 8.58. The molecule has 1 rings (SSSR count). The van der Waals surface area contributed by atoms with Gasteiger partial charge in [-0.05, 0) is 31.4 Å². The highest BCUT2D eigenvalue weighted by molar-refractivity contribution is 6.33. The highest BCUT2D eigenvalue weighted by Crippen LogP contribution is 2.24. The summed E-state index contributed by atoms with van der Waals surface area (Å²) in [5, 5.41) is 6.72. The Labute approximate surface area is 114 Å². The average molecular weight is 269 g/mol. The number of carbonyl (C=O) groups is 1. The van der Waals surface area contributed by atoms with Gasteiger partial charge in [0, 0.05) is 6.04 Å². The number of hydrogen-bond donors (Lipinski definition) is 2. The van der Waals surface area contributed by atoms with Crippen molar-refractivity contribution in [3.05, 3.63) is 28.8 Å². The fourth-order valence-corrected chi connectivity index (χ4v) is 2.08. The van der Waals surface area contributed by atoms with Crippen LogP contribution in [0.2, 0.25) is 5.02 Å². The molecular formula is C14H21ClN2O. The van der Waals surface area contributed by atoms with E-state index in [1.54, 1.807) is 0 Å². The van der Waals surface area contributed by atoms with Gasteiger partial charge in [0.1, 0.15) is 0 Å². The van der Waals surface area contributed by atoms with Gasteiger partial charge in [0.2, 0.25) is 5.91 Å². The quantitative estimate of drug-likeness (QED) is 0.831. The van der Waals surface area contributed by atoms with Crippen LogP contribution >= 0.6 is 11.6 Å². The summed E-state index contributed by atoms with van der Waals surface area (Å²) in [7, 11) is 0. The van der Waals surface area contributed by atoms with Crippen LogP contribution in [0, 0.1) is 6.92 Å². The molecule has 0 aliphatic rings. The standard InChI is InChI=1S/C14H21ClN2O/c1-4-11(5-2)17-13(18)9-16-14-10(3)7-6-8-12(14)15/h6-8,11,16H,4-5,9H2,1-3H3,(H,17,18).